The molecule has 10 heteroatoms. The lowest BCUT2D eigenvalue weighted by Crippen LogP contribution is -2.44. The van der Waals surface area contributed by atoms with Crippen LogP contribution < -0.4 is 15.0 Å². The van der Waals surface area contributed by atoms with Crippen molar-refractivity contribution in [3.63, 3.8) is 0 Å². The molecule has 2 aliphatic heterocycles. The number of anilines is 1. The molecule has 0 aliphatic carbocycles. The number of carbonyl (C=O) groups excluding carboxylic acids is 2. The first kappa shape index (κ1) is 28.0. The molecular weight excluding hydrogens is 555 g/mol. The summed E-state index contributed by atoms with van der Waals surface area (Å²) in [6, 6.07) is 23.5. The van der Waals surface area contributed by atoms with Gasteiger partial charge < -0.3 is 14.8 Å². The number of halogens is 1. The lowest BCUT2D eigenvalue weighted by molar-refractivity contribution is -0.123. The smallest absolute Gasteiger partial charge is 0.240 e. The van der Waals surface area contributed by atoms with E-state index in [9.17, 15) is 14.0 Å². The minimum atomic E-state index is -0.415. The molecule has 3 heterocycles. The van der Waals surface area contributed by atoms with Crippen molar-refractivity contribution in [1.82, 2.24) is 15.1 Å². The van der Waals surface area contributed by atoms with E-state index in [-0.39, 0.29) is 36.0 Å². The van der Waals surface area contributed by atoms with Crippen LogP contribution in [0.25, 0.3) is 16.9 Å². The number of hydrogen-bond acceptors (Lipinski definition) is 6. The Morgan fingerprint density at radius 3 is 2.64 bits per heavy atom. The molecule has 42 heavy (non-hydrogen) atoms. The maximum absolute atomic E-state index is 14.5. The van der Waals surface area contributed by atoms with E-state index in [1.165, 1.54) is 28.8 Å². The highest BCUT2D eigenvalue weighted by molar-refractivity contribution is 8.00. The fourth-order valence-electron chi connectivity index (χ4n) is 5.40. The number of fused-ring (bicyclic) bond motifs is 1. The van der Waals surface area contributed by atoms with Gasteiger partial charge in [-0.2, -0.15) is 5.10 Å². The van der Waals surface area contributed by atoms with Crippen molar-refractivity contribution in [3.05, 3.63) is 95.8 Å². The second kappa shape index (κ2) is 12.4. The van der Waals surface area contributed by atoms with Gasteiger partial charge >= 0.3 is 0 Å². The molecule has 216 valence electrons. The van der Waals surface area contributed by atoms with Gasteiger partial charge in [-0.3, -0.25) is 14.5 Å². The zero-order valence-electron chi connectivity index (χ0n) is 23.2. The molecule has 0 saturated carbocycles. The molecule has 0 radical (unpaired) electrons. The number of thioether (sulfide) groups is 1. The molecule has 3 aromatic carbocycles. The molecule has 1 saturated heterocycles. The Morgan fingerprint density at radius 1 is 1.12 bits per heavy atom. The highest BCUT2D eigenvalue weighted by Crippen LogP contribution is 2.48. The Balaban J connectivity index is 1.51. The molecule has 0 unspecified atom stereocenters. The summed E-state index contributed by atoms with van der Waals surface area (Å²) in [4.78, 5) is 28.6. The Labute approximate surface area is 247 Å². The van der Waals surface area contributed by atoms with Crippen LogP contribution >= 0.6 is 11.8 Å². The third-order valence-corrected chi connectivity index (χ3v) is 8.71. The fraction of sp³-hybridized carbons (Fsp3) is 0.281. The number of nitrogens with zero attached hydrogens (tertiary/aromatic N) is 3. The summed E-state index contributed by atoms with van der Waals surface area (Å²) in [6.45, 7) is 0.892. The van der Waals surface area contributed by atoms with E-state index in [2.05, 4.69) is 5.32 Å². The van der Waals surface area contributed by atoms with Gasteiger partial charge in [0.05, 0.1) is 35.6 Å². The van der Waals surface area contributed by atoms with E-state index in [1.807, 2.05) is 60.7 Å². The topological polar surface area (TPSA) is 85.7 Å². The Morgan fingerprint density at radius 2 is 1.93 bits per heavy atom. The van der Waals surface area contributed by atoms with E-state index in [0.717, 1.165) is 24.0 Å². The van der Waals surface area contributed by atoms with Crippen molar-refractivity contribution in [2.75, 3.05) is 37.5 Å². The highest BCUT2D eigenvalue weighted by Gasteiger charge is 2.38. The Hall–Kier alpha value is -4.15. The summed E-state index contributed by atoms with van der Waals surface area (Å²) in [5.41, 5.74) is 3.65. The van der Waals surface area contributed by atoms with Gasteiger partial charge in [0.2, 0.25) is 11.8 Å². The quantitative estimate of drug-likeness (QED) is 0.307. The van der Waals surface area contributed by atoms with Crippen LogP contribution in [0.3, 0.4) is 0 Å². The second-order valence-electron chi connectivity index (χ2n) is 10.2. The van der Waals surface area contributed by atoms with Gasteiger partial charge in [-0.25, -0.2) is 9.07 Å². The lowest BCUT2D eigenvalue weighted by Gasteiger charge is -2.23. The number of hydrogen-bond donors (Lipinski definition) is 1. The number of carbonyl (C=O) groups is 2. The predicted octanol–water partition coefficient (Wildman–Crippen LogP) is 5.15. The molecule has 2 amide bonds. The second-order valence-corrected chi connectivity index (χ2v) is 11.3. The average molecular weight is 587 g/mol. The van der Waals surface area contributed by atoms with Crippen LogP contribution in [0.2, 0.25) is 0 Å². The van der Waals surface area contributed by atoms with E-state index in [4.69, 9.17) is 14.6 Å². The minimum Gasteiger partial charge on any atom is -0.497 e. The summed E-state index contributed by atoms with van der Waals surface area (Å²) >= 11 is 1.40. The minimum absolute atomic E-state index is 0.0215. The van der Waals surface area contributed by atoms with Crippen LogP contribution in [-0.2, 0) is 14.3 Å². The maximum atomic E-state index is 14.5. The van der Waals surface area contributed by atoms with E-state index in [0.29, 0.717) is 41.7 Å². The highest BCUT2D eigenvalue weighted by atomic mass is 32.2. The standard InChI is InChI=1S/C32H31FN4O4S/c1-40-25-14-12-24(13-15-25)37-32-29(30(35-37)21-7-3-2-4-8-21)31(22-9-5-10-23(33)17-22)42-20-28(39)36(32)19-27(38)34-18-26-11-6-16-41-26/h2-5,7-10,12-15,17,26,31H,6,11,16,18-20H2,1H3,(H,34,38)/t26-,31-/m1/s1. The van der Waals surface area contributed by atoms with Gasteiger partial charge in [-0.05, 0) is 54.8 Å². The van der Waals surface area contributed by atoms with Crippen molar-refractivity contribution in [2.24, 2.45) is 0 Å². The molecule has 2 aliphatic rings. The van der Waals surface area contributed by atoms with Crippen LogP contribution in [0.4, 0.5) is 10.2 Å². The largest absolute Gasteiger partial charge is 0.497 e. The van der Waals surface area contributed by atoms with Gasteiger partial charge in [0.1, 0.15) is 23.9 Å². The normalized spacial score (nSPS) is 18.4. The molecule has 1 N–H and O–H groups in total. The molecule has 0 bridgehead atoms. The van der Waals surface area contributed by atoms with Crippen molar-refractivity contribution >= 4 is 29.4 Å². The van der Waals surface area contributed by atoms with Crippen LogP contribution in [0.15, 0.2) is 78.9 Å². The number of amides is 2. The van der Waals surface area contributed by atoms with Crippen molar-refractivity contribution in [3.8, 4) is 22.7 Å². The summed E-state index contributed by atoms with van der Waals surface area (Å²) < 4.78 is 27.2. The van der Waals surface area contributed by atoms with Crippen molar-refractivity contribution in [2.45, 2.75) is 24.2 Å². The third kappa shape index (κ3) is 5.77. The Bertz CT molecular complexity index is 1570. The third-order valence-electron chi connectivity index (χ3n) is 7.46. The van der Waals surface area contributed by atoms with Crippen LogP contribution in [0.5, 0.6) is 5.75 Å². The van der Waals surface area contributed by atoms with E-state index < -0.39 is 5.25 Å². The number of aromatic nitrogens is 2. The fourth-order valence-corrected chi connectivity index (χ4v) is 6.59. The first-order valence-corrected chi connectivity index (χ1v) is 14.9. The summed E-state index contributed by atoms with van der Waals surface area (Å²) in [5.74, 6) is 0.375. The van der Waals surface area contributed by atoms with Gasteiger partial charge in [-0.1, -0.05) is 42.5 Å². The van der Waals surface area contributed by atoms with Crippen molar-refractivity contribution < 1.29 is 23.5 Å². The number of rotatable bonds is 8. The molecule has 4 aromatic rings. The molecule has 1 fully saturated rings. The first-order valence-electron chi connectivity index (χ1n) is 13.9. The van der Waals surface area contributed by atoms with Gasteiger partial charge in [0.15, 0.2) is 0 Å². The molecular formula is C32H31FN4O4S. The monoisotopic (exact) mass is 586 g/mol. The van der Waals surface area contributed by atoms with E-state index >= 15 is 0 Å². The molecule has 2 atom stereocenters. The van der Waals surface area contributed by atoms with Crippen LogP contribution in [-0.4, -0.2) is 60.3 Å². The molecule has 1 aromatic heterocycles. The lowest BCUT2D eigenvalue weighted by atomic mass is 9.99. The summed E-state index contributed by atoms with van der Waals surface area (Å²) in [7, 11) is 1.60. The molecule has 6 rings (SSSR count). The molecule has 0 spiro atoms. The van der Waals surface area contributed by atoms with Crippen molar-refractivity contribution in [1.29, 1.82) is 0 Å². The van der Waals surface area contributed by atoms with Crippen LogP contribution in [0.1, 0.15) is 29.2 Å². The Kier molecular flexibility index (Phi) is 8.25. The first-order chi connectivity index (χ1) is 20.5. The number of methoxy groups -OCH3 is 1. The predicted molar refractivity (Wildman–Crippen MR) is 161 cm³/mol. The zero-order valence-corrected chi connectivity index (χ0v) is 24.0. The summed E-state index contributed by atoms with van der Waals surface area (Å²) in [6.07, 6.45) is 1.84. The zero-order chi connectivity index (χ0) is 29.1. The molecule has 8 nitrogen and oxygen atoms in total. The van der Waals surface area contributed by atoms with Gasteiger partial charge in [-0.15, -0.1) is 11.8 Å². The van der Waals surface area contributed by atoms with Gasteiger partial charge in [0.25, 0.3) is 0 Å². The van der Waals surface area contributed by atoms with Crippen LogP contribution in [0, 0.1) is 5.82 Å². The average Bonchev–Trinajstić information content (AvgIpc) is 3.65. The maximum Gasteiger partial charge on any atom is 0.240 e. The van der Waals surface area contributed by atoms with Gasteiger partial charge in [0, 0.05) is 24.3 Å². The van der Waals surface area contributed by atoms with E-state index in [1.54, 1.807) is 17.9 Å². The SMILES string of the molecule is COc1ccc(-n2nc(-c3ccccc3)c3c2N(CC(=O)NC[C@H]2CCCO2)C(=O)CS[C@@H]3c2cccc(F)c2)cc1. The number of nitrogens with one attached hydrogen (secondary N) is 1. The number of ether oxygens (including phenoxy) is 2. The summed E-state index contributed by atoms with van der Waals surface area (Å²) in [5, 5.41) is 7.58. The number of benzene rings is 3.